The van der Waals surface area contributed by atoms with Gasteiger partial charge in [-0.2, -0.15) is 4.98 Å². The molecule has 3 rings (SSSR count). The maximum absolute atomic E-state index is 5.59. The van der Waals surface area contributed by atoms with E-state index < -0.39 is 0 Å². The van der Waals surface area contributed by atoms with Gasteiger partial charge in [-0.25, -0.2) is 4.52 Å². The molecule has 3 aromatic heterocycles. The molecule has 5 nitrogen and oxygen atoms in total. The number of aryl methyl sites for hydroxylation is 1. The van der Waals surface area contributed by atoms with Crippen molar-refractivity contribution in [3.05, 3.63) is 42.2 Å². The molecule has 0 aliphatic carbocycles. The third kappa shape index (κ3) is 1.61. The van der Waals surface area contributed by atoms with Gasteiger partial charge in [-0.1, -0.05) is 6.07 Å². The highest BCUT2D eigenvalue weighted by atomic mass is 15.3. The number of nitrogens with zero attached hydrogens (tertiary/aromatic N) is 4. The number of fused-ring (bicyclic) bond motifs is 1. The summed E-state index contributed by atoms with van der Waals surface area (Å²) in [5.74, 6) is 0.284. The first kappa shape index (κ1) is 9.77. The molecule has 0 unspecified atom stereocenters. The van der Waals surface area contributed by atoms with E-state index in [9.17, 15) is 0 Å². The molecule has 0 fully saturated rings. The fourth-order valence-corrected chi connectivity index (χ4v) is 1.84. The zero-order valence-corrected chi connectivity index (χ0v) is 9.33. The van der Waals surface area contributed by atoms with E-state index in [1.54, 1.807) is 10.7 Å². The van der Waals surface area contributed by atoms with Crippen LogP contribution in [-0.2, 0) is 0 Å². The van der Waals surface area contributed by atoms with Gasteiger partial charge in [0.15, 0.2) is 5.65 Å². The summed E-state index contributed by atoms with van der Waals surface area (Å²) in [6.45, 7) is 1.98. The summed E-state index contributed by atoms with van der Waals surface area (Å²) in [6, 6.07) is 7.84. The Morgan fingerprint density at radius 3 is 2.94 bits per heavy atom. The summed E-state index contributed by atoms with van der Waals surface area (Å²) in [5, 5.41) is 4.12. The van der Waals surface area contributed by atoms with Crippen molar-refractivity contribution in [2.24, 2.45) is 0 Å². The van der Waals surface area contributed by atoms with Crippen molar-refractivity contribution in [3.8, 4) is 11.3 Å². The van der Waals surface area contributed by atoms with Crippen molar-refractivity contribution in [2.45, 2.75) is 6.92 Å². The van der Waals surface area contributed by atoms with Gasteiger partial charge >= 0.3 is 0 Å². The number of rotatable bonds is 1. The van der Waals surface area contributed by atoms with Crippen LogP contribution in [-0.4, -0.2) is 19.6 Å². The third-order valence-electron chi connectivity index (χ3n) is 2.59. The van der Waals surface area contributed by atoms with Gasteiger partial charge in [0.2, 0.25) is 5.95 Å². The molecule has 17 heavy (non-hydrogen) atoms. The Bertz CT molecular complexity index is 672. The SMILES string of the molecule is Cc1cc(-c2ccccn2)cn2nc(N)nc12. The van der Waals surface area contributed by atoms with Crippen molar-refractivity contribution >= 4 is 11.6 Å². The van der Waals surface area contributed by atoms with Gasteiger partial charge in [-0.15, -0.1) is 5.10 Å². The van der Waals surface area contributed by atoms with Crippen molar-refractivity contribution in [3.63, 3.8) is 0 Å². The molecule has 3 aromatic rings. The number of nitrogens with two attached hydrogens (primary N) is 1. The molecule has 0 aliphatic rings. The minimum Gasteiger partial charge on any atom is -0.366 e. The second-order valence-corrected chi connectivity index (χ2v) is 3.86. The number of anilines is 1. The molecular weight excluding hydrogens is 214 g/mol. The van der Waals surface area contributed by atoms with Crippen molar-refractivity contribution in [1.29, 1.82) is 0 Å². The summed E-state index contributed by atoms with van der Waals surface area (Å²) in [7, 11) is 0. The predicted octanol–water partition coefficient (Wildman–Crippen LogP) is 1.68. The van der Waals surface area contributed by atoms with Crippen molar-refractivity contribution in [2.75, 3.05) is 5.73 Å². The van der Waals surface area contributed by atoms with Crippen LogP contribution in [0, 0.1) is 6.92 Å². The fourth-order valence-electron chi connectivity index (χ4n) is 1.84. The van der Waals surface area contributed by atoms with Gasteiger partial charge in [-0.3, -0.25) is 4.98 Å². The van der Waals surface area contributed by atoms with Gasteiger partial charge in [0.05, 0.1) is 5.69 Å². The second kappa shape index (κ2) is 3.55. The monoisotopic (exact) mass is 225 g/mol. The lowest BCUT2D eigenvalue weighted by atomic mass is 10.1. The van der Waals surface area contributed by atoms with Crippen LogP contribution in [0.2, 0.25) is 0 Å². The maximum atomic E-state index is 5.59. The quantitative estimate of drug-likeness (QED) is 0.684. The topological polar surface area (TPSA) is 69.1 Å². The molecule has 84 valence electrons. The van der Waals surface area contributed by atoms with Crippen LogP contribution in [0.5, 0.6) is 0 Å². The van der Waals surface area contributed by atoms with Crippen LogP contribution in [0.15, 0.2) is 36.7 Å². The van der Waals surface area contributed by atoms with E-state index in [1.807, 2.05) is 37.4 Å². The normalized spacial score (nSPS) is 10.9. The summed E-state index contributed by atoms with van der Waals surface area (Å²) in [4.78, 5) is 8.47. The molecule has 2 N–H and O–H groups in total. The highest BCUT2D eigenvalue weighted by Gasteiger charge is 2.07. The standard InChI is InChI=1S/C12H11N5/c1-8-6-9(10-4-2-3-5-14-10)7-17-11(8)15-12(13)16-17/h2-7H,1H3,(H2,13,16). The molecule has 0 saturated carbocycles. The van der Waals surface area contributed by atoms with Crippen LogP contribution < -0.4 is 5.73 Å². The minimum absolute atomic E-state index is 0.284. The lowest BCUT2D eigenvalue weighted by Gasteiger charge is -2.03. The summed E-state index contributed by atoms with van der Waals surface area (Å²) in [6.07, 6.45) is 3.65. The molecular formula is C12H11N5. The zero-order chi connectivity index (χ0) is 11.8. The first-order valence-electron chi connectivity index (χ1n) is 5.28. The Labute approximate surface area is 97.9 Å². The number of hydrogen-bond acceptors (Lipinski definition) is 4. The number of pyridine rings is 2. The fraction of sp³-hybridized carbons (Fsp3) is 0.0833. The Balaban J connectivity index is 2.25. The van der Waals surface area contributed by atoms with Crippen LogP contribution in [0.3, 0.4) is 0 Å². The van der Waals surface area contributed by atoms with Crippen LogP contribution in [0.25, 0.3) is 16.9 Å². The average molecular weight is 225 g/mol. The molecule has 0 atom stereocenters. The number of aromatic nitrogens is 4. The summed E-state index contributed by atoms with van der Waals surface area (Å²) >= 11 is 0. The average Bonchev–Trinajstić information content (AvgIpc) is 2.71. The summed E-state index contributed by atoms with van der Waals surface area (Å²) < 4.78 is 1.69. The van der Waals surface area contributed by atoms with E-state index in [-0.39, 0.29) is 5.95 Å². The van der Waals surface area contributed by atoms with Gasteiger partial charge in [0, 0.05) is 18.0 Å². The van der Waals surface area contributed by atoms with E-state index in [2.05, 4.69) is 15.1 Å². The Hall–Kier alpha value is -2.43. The Kier molecular flexibility index (Phi) is 2.04. The van der Waals surface area contributed by atoms with Crippen molar-refractivity contribution in [1.82, 2.24) is 19.6 Å². The largest absolute Gasteiger partial charge is 0.366 e. The number of hydrogen-bond donors (Lipinski definition) is 1. The molecule has 0 radical (unpaired) electrons. The first-order valence-corrected chi connectivity index (χ1v) is 5.28. The van der Waals surface area contributed by atoms with E-state index in [1.165, 1.54) is 0 Å². The maximum Gasteiger partial charge on any atom is 0.240 e. The molecule has 0 bridgehead atoms. The lowest BCUT2D eigenvalue weighted by Crippen LogP contribution is -1.93. The van der Waals surface area contributed by atoms with E-state index >= 15 is 0 Å². The van der Waals surface area contributed by atoms with Crippen LogP contribution in [0.4, 0.5) is 5.95 Å². The summed E-state index contributed by atoms with van der Waals surface area (Å²) in [5.41, 5.74) is 9.30. The Morgan fingerprint density at radius 2 is 2.18 bits per heavy atom. The molecule has 0 aliphatic heterocycles. The van der Waals surface area contributed by atoms with Crippen LogP contribution in [0.1, 0.15) is 5.56 Å². The van der Waals surface area contributed by atoms with Gasteiger partial charge in [0.1, 0.15) is 0 Å². The van der Waals surface area contributed by atoms with E-state index in [4.69, 9.17) is 5.73 Å². The highest BCUT2D eigenvalue weighted by molar-refractivity contribution is 5.63. The molecule has 0 saturated heterocycles. The van der Waals surface area contributed by atoms with E-state index in [0.29, 0.717) is 0 Å². The van der Waals surface area contributed by atoms with Gasteiger partial charge in [-0.05, 0) is 30.7 Å². The molecule has 0 aromatic carbocycles. The van der Waals surface area contributed by atoms with Crippen molar-refractivity contribution < 1.29 is 0 Å². The predicted molar refractivity (Wildman–Crippen MR) is 65.4 cm³/mol. The molecule has 5 heteroatoms. The minimum atomic E-state index is 0.284. The molecule has 0 amide bonds. The van der Waals surface area contributed by atoms with Gasteiger partial charge in [0.25, 0.3) is 0 Å². The van der Waals surface area contributed by atoms with E-state index in [0.717, 1.165) is 22.5 Å². The second-order valence-electron chi connectivity index (χ2n) is 3.86. The highest BCUT2D eigenvalue weighted by Crippen LogP contribution is 2.20. The zero-order valence-electron chi connectivity index (χ0n) is 9.33. The van der Waals surface area contributed by atoms with Gasteiger partial charge < -0.3 is 5.73 Å². The Morgan fingerprint density at radius 1 is 1.29 bits per heavy atom. The van der Waals surface area contributed by atoms with Crippen LogP contribution >= 0.6 is 0 Å². The third-order valence-corrected chi connectivity index (χ3v) is 2.59. The molecule has 0 spiro atoms. The first-order chi connectivity index (χ1) is 8.24. The number of nitrogen functional groups attached to an aromatic ring is 1. The molecule has 3 heterocycles. The smallest absolute Gasteiger partial charge is 0.240 e. The lowest BCUT2D eigenvalue weighted by molar-refractivity contribution is 0.963.